The van der Waals surface area contributed by atoms with Crippen LogP contribution in [0.1, 0.15) is 23.9 Å². The Hall–Kier alpha value is -1.98. The van der Waals surface area contributed by atoms with Gasteiger partial charge in [-0.05, 0) is 44.5 Å². The fourth-order valence-corrected chi connectivity index (χ4v) is 7.46. The molecule has 0 saturated carbocycles. The van der Waals surface area contributed by atoms with Crippen LogP contribution in [0.2, 0.25) is 0 Å². The topological polar surface area (TPSA) is 92.6 Å². The number of nitrogens with zero attached hydrogens (tertiary/aromatic N) is 4. The molecule has 8 nitrogen and oxygen atoms in total. The molecule has 2 aliphatic rings. The number of benzene rings is 1. The van der Waals surface area contributed by atoms with Gasteiger partial charge in [-0.15, -0.1) is 0 Å². The van der Waals surface area contributed by atoms with Crippen molar-refractivity contribution in [1.29, 1.82) is 0 Å². The molecule has 2 aliphatic heterocycles. The number of sulfonamides is 1. The Labute approximate surface area is 176 Å². The van der Waals surface area contributed by atoms with Crippen LogP contribution in [0.3, 0.4) is 0 Å². The molecule has 30 heavy (non-hydrogen) atoms. The molecular formula is C19H25FN4O4S2. The lowest BCUT2D eigenvalue weighted by atomic mass is 10.2. The number of aromatic nitrogens is 2. The van der Waals surface area contributed by atoms with Crippen LogP contribution in [0.15, 0.2) is 29.2 Å². The van der Waals surface area contributed by atoms with Crippen molar-refractivity contribution in [3.8, 4) is 0 Å². The molecule has 1 aromatic carbocycles. The number of hydrogen-bond donors (Lipinski definition) is 0. The monoisotopic (exact) mass is 456 g/mol. The maximum atomic E-state index is 13.1. The van der Waals surface area contributed by atoms with Gasteiger partial charge in [0, 0.05) is 26.2 Å². The molecule has 4 rings (SSSR count). The normalized spacial score (nSPS) is 22.5. The minimum absolute atomic E-state index is 0.0833. The average molecular weight is 457 g/mol. The van der Waals surface area contributed by atoms with Crippen LogP contribution in [0, 0.1) is 19.7 Å². The van der Waals surface area contributed by atoms with Gasteiger partial charge in [-0.25, -0.2) is 21.2 Å². The SMILES string of the molecule is Cc1nn(C2CCS(=O)(=O)C2)c(C)c1N1CCN(S(=O)(=O)c2ccc(F)cc2)CC1. The third-order valence-electron chi connectivity index (χ3n) is 5.85. The summed E-state index contributed by atoms with van der Waals surface area (Å²) in [5.41, 5.74) is 2.66. The fraction of sp³-hybridized carbons (Fsp3) is 0.526. The van der Waals surface area contributed by atoms with E-state index in [4.69, 9.17) is 0 Å². The average Bonchev–Trinajstić information content (AvgIpc) is 3.20. The summed E-state index contributed by atoms with van der Waals surface area (Å²) in [6, 6.07) is 4.71. The lowest BCUT2D eigenvalue weighted by Gasteiger charge is -2.35. The highest BCUT2D eigenvalue weighted by Crippen LogP contribution is 2.32. The standard InChI is InChI=1S/C19H25FN4O4S2/c1-14-19(15(2)24(21-14)17-7-12-29(25,26)13-17)22-8-10-23(11-9-22)30(27,28)18-5-3-16(20)4-6-18/h3-6,17H,7-13H2,1-2H3. The molecule has 2 saturated heterocycles. The van der Waals surface area contributed by atoms with Gasteiger partial charge < -0.3 is 4.90 Å². The van der Waals surface area contributed by atoms with Gasteiger partial charge in [-0.3, -0.25) is 4.68 Å². The summed E-state index contributed by atoms with van der Waals surface area (Å²) in [6.07, 6.45) is 0.563. The molecule has 0 bridgehead atoms. The summed E-state index contributed by atoms with van der Waals surface area (Å²) in [6.45, 7) is 5.43. The summed E-state index contributed by atoms with van der Waals surface area (Å²) in [5.74, 6) is -0.180. The first-order valence-corrected chi connectivity index (χ1v) is 13.1. The maximum Gasteiger partial charge on any atom is 0.243 e. The van der Waals surface area contributed by atoms with Crippen LogP contribution in [-0.4, -0.2) is 68.6 Å². The summed E-state index contributed by atoms with van der Waals surface area (Å²) < 4.78 is 65.7. The largest absolute Gasteiger partial charge is 0.366 e. The van der Waals surface area contributed by atoms with Crippen molar-refractivity contribution < 1.29 is 21.2 Å². The zero-order chi connectivity index (χ0) is 21.7. The Balaban J connectivity index is 1.50. The van der Waals surface area contributed by atoms with E-state index in [1.165, 1.54) is 16.4 Å². The number of aryl methyl sites for hydroxylation is 1. The first-order chi connectivity index (χ1) is 14.1. The van der Waals surface area contributed by atoms with E-state index < -0.39 is 25.7 Å². The Morgan fingerprint density at radius 3 is 2.27 bits per heavy atom. The highest BCUT2D eigenvalue weighted by Gasteiger charge is 2.34. The van der Waals surface area contributed by atoms with Crippen LogP contribution in [0.4, 0.5) is 10.1 Å². The van der Waals surface area contributed by atoms with E-state index >= 15 is 0 Å². The van der Waals surface area contributed by atoms with Gasteiger partial charge in [0.2, 0.25) is 10.0 Å². The van der Waals surface area contributed by atoms with Crippen molar-refractivity contribution in [3.05, 3.63) is 41.5 Å². The molecule has 164 valence electrons. The van der Waals surface area contributed by atoms with Crippen LogP contribution < -0.4 is 4.90 Å². The summed E-state index contributed by atoms with van der Waals surface area (Å²) >= 11 is 0. The Bertz CT molecular complexity index is 1150. The Morgan fingerprint density at radius 2 is 1.70 bits per heavy atom. The highest BCUT2D eigenvalue weighted by molar-refractivity contribution is 7.91. The van der Waals surface area contributed by atoms with Crippen LogP contribution in [-0.2, 0) is 19.9 Å². The Kier molecular flexibility index (Phi) is 5.39. The molecule has 3 heterocycles. The number of anilines is 1. The molecule has 0 N–H and O–H groups in total. The molecule has 1 unspecified atom stereocenters. The van der Waals surface area contributed by atoms with E-state index in [9.17, 15) is 21.2 Å². The predicted molar refractivity (Wildman–Crippen MR) is 111 cm³/mol. The molecule has 0 amide bonds. The van der Waals surface area contributed by atoms with Gasteiger partial charge in [-0.1, -0.05) is 0 Å². The maximum absolute atomic E-state index is 13.1. The second-order valence-electron chi connectivity index (χ2n) is 7.87. The second-order valence-corrected chi connectivity index (χ2v) is 12.0. The van der Waals surface area contributed by atoms with Gasteiger partial charge in [0.25, 0.3) is 0 Å². The molecule has 0 spiro atoms. The smallest absolute Gasteiger partial charge is 0.243 e. The molecule has 1 atom stereocenters. The van der Waals surface area contributed by atoms with E-state index in [0.717, 1.165) is 29.2 Å². The number of halogens is 1. The molecular weight excluding hydrogens is 431 g/mol. The van der Waals surface area contributed by atoms with Crippen molar-refractivity contribution >= 4 is 25.5 Å². The molecule has 11 heteroatoms. The van der Waals surface area contributed by atoms with Crippen LogP contribution in [0.25, 0.3) is 0 Å². The summed E-state index contributed by atoms with van der Waals surface area (Å²) in [7, 11) is -6.69. The third kappa shape index (κ3) is 3.85. The predicted octanol–water partition coefficient (Wildman–Crippen LogP) is 1.51. The molecule has 2 aromatic rings. The summed E-state index contributed by atoms with van der Waals surface area (Å²) in [5, 5.41) is 4.60. The first kappa shape index (κ1) is 21.3. The number of rotatable bonds is 4. The van der Waals surface area contributed by atoms with Crippen molar-refractivity contribution in [2.24, 2.45) is 0 Å². The number of piperazine rings is 1. The fourth-order valence-electron chi connectivity index (χ4n) is 4.34. The minimum atomic E-state index is -3.67. The molecule has 2 fully saturated rings. The van der Waals surface area contributed by atoms with Crippen molar-refractivity contribution in [1.82, 2.24) is 14.1 Å². The zero-order valence-corrected chi connectivity index (χ0v) is 18.6. The van der Waals surface area contributed by atoms with Gasteiger partial charge >= 0.3 is 0 Å². The third-order valence-corrected chi connectivity index (χ3v) is 9.51. The molecule has 1 aromatic heterocycles. The zero-order valence-electron chi connectivity index (χ0n) is 17.0. The van der Waals surface area contributed by atoms with Crippen LogP contribution in [0.5, 0.6) is 0 Å². The van der Waals surface area contributed by atoms with Crippen LogP contribution >= 0.6 is 0 Å². The van der Waals surface area contributed by atoms with Gasteiger partial charge in [0.05, 0.1) is 39.5 Å². The van der Waals surface area contributed by atoms with Crippen molar-refractivity contribution in [3.63, 3.8) is 0 Å². The second kappa shape index (κ2) is 7.61. The quantitative estimate of drug-likeness (QED) is 0.693. The lowest BCUT2D eigenvalue weighted by molar-refractivity contribution is 0.384. The Morgan fingerprint density at radius 1 is 1.07 bits per heavy atom. The van der Waals surface area contributed by atoms with Crippen molar-refractivity contribution in [2.45, 2.75) is 31.2 Å². The highest BCUT2D eigenvalue weighted by atomic mass is 32.2. The van der Waals surface area contributed by atoms with E-state index in [-0.39, 0.29) is 22.4 Å². The number of hydrogen-bond acceptors (Lipinski definition) is 6. The molecule has 0 radical (unpaired) electrons. The van der Waals surface area contributed by atoms with Crippen molar-refractivity contribution in [2.75, 3.05) is 42.6 Å². The van der Waals surface area contributed by atoms with E-state index in [2.05, 4.69) is 10.00 Å². The van der Waals surface area contributed by atoms with E-state index in [1.54, 1.807) is 0 Å². The van der Waals surface area contributed by atoms with E-state index in [0.29, 0.717) is 32.6 Å². The first-order valence-electron chi connectivity index (χ1n) is 9.85. The molecule has 0 aliphatic carbocycles. The van der Waals surface area contributed by atoms with E-state index in [1.807, 2.05) is 18.5 Å². The lowest BCUT2D eigenvalue weighted by Crippen LogP contribution is -2.49. The number of sulfone groups is 1. The summed E-state index contributed by atoms with van der Waals surface area (Å²) in [4.78, 5) is 2.19. The van der Waals surface area contributed by atoms with Gasteiger partial charge in [-0.2, -0.15) is 9.40 Å². The van der Waals surface area contributed by atoms with Gasteiger partial charge in [0.1, 0.15) is 5.82 Å². The van der Waals surface area contributed by atoms with Gasteiger partial charge in [0.15, 0.2) is 9.84 Å². The minimum Gasteiger partial charge on any atom is -0.366 e.